The Morgan fingerprint density at radius 1 is 0.451 bits per heavy atom. The summed E-state index contributed by atoms with van der Waals surface area (Å²) in [6.07, 6.45) is 6.87. The molecule has 4 fully saturated rings. The average Bonchev–Trinajstić information content (AvgIpc) is 2.02. The normalized spacial score (nSPS) is 21.2. The van der Waals surface area contributed by atoms with Crippen LogP contribution in [0.15, 0.2) is 4.40 Å². The molecular weight excluding hydrogens is 1310 g/mol. The van der Waals surface area contributed by atoms with Crippen LogP contribution in [-0.2, 0) is 79.2 Å². The third kappa shape index (κ3) is 44.5. The van der Waals surface area contributed by atoms with Gasteiger partial charge in [0.15, 0.2) is 0 Å². The third-order valence-electron chi connectivity index (χ3n) is 12.9. The van der Waals surface area contributed by atoms with Gasteiger partial charge in [-0.1, -0.05) is 25.7 Å². The summed E-state index contributed by atoms with van der Waals surface area (Å²) in [6, 6.07) is -2.33. The summed E-state index contributed by atoms with van der Waals surface area (Å²) in [4.78, 5) is 75.6. The Morgan fingerprint density at radius 3 is 0.967 bits per heavy atom. The first-order valence-electron chi connectivity index (χ1n) is 26.8. The van der Waals surface area contributed by atoms with Gasteiger partial charge in [-0.15, -0.1) is 4.40 Å². The van der Waals surface area contributed by atoms with E-state index >= 15 is 0 Å². The molecule has 4 saturated heterocycles. The lowest BCUT2D eigenvalue weighted by Gasteiger charge is -2.16. The van der Waals surface area contributed by atoms with E-state index in [2.05, 4.69) is 13.8 Å². The Labute approximate surface area is 527 Å². The monoisotopic (exact) mass is 1390 g/mol. The number of nitrogens with one attached hydrogen (secondary N) is 5. The van der Waals surface area contributed by atoms with Gasteiger partial charge < -0.3 is 91.8 Å². The molecule has 522 valence electrons. The van der Waals surface area contributed by atoms with Gasteiger partial charge in [0.2, 0.25) is 5.96 Å². The van der Waals surface area contributed by atoms with Crippen LogP contribution < -0.4 is 65.8 Å². The molecule has 4 heterocycles. The molecule has 44 nitrogen and oxygen atoms in total. The summed E-state index contributed by atoms with van der Waals surface area (Å²) >= 11 is 0. The molecule has 0 radical (unpaired) electrons. The number of nitrogens with two attached hydrogens (primary N) is 9. The quantitative estimate of drug-likeness (QED) is 0.0188. The Kier molecular flexibility index (Phi) is 49.4. The van der Waals surface area contributed by atoms with E-state index < -0.39 is 81.3 Å². The van der Waals surface area contributed by atoms with Gasteiger partial charge in [0.05, 0.1) is 12.4 Å². The number of rotatable bonds is 29. The van der Waals surface area contributed by atoms with Gasteiger partial charge in [-0.25, -0.2) is 14.2 Å². The number of hydrogen-bond acceptors (Lipinski definition) is 31. The molecule has 4 rings (SSSR count). The second-order valence-electron chi connectivity index (χ2n) is 19.9. The third-order valence-corrected chi connectivity index (χ3v) is 18.8. The molecular formula is C39H85B4N19O25S4. The highest BCUT2D eigenvalue weighted by molar-refractivity contribution is 7.88. The average molecular weight is 1390 g/mol. The minimum atomic E-state index is -3.94. The highest BCUT2D eigenvalue weighted by Gasteiger charge is 2.40. The van der Waals surface area contributed by atoms with Crippen molar-refractivity contribution in [2.24, 2.45) is 79.7 Å². The Balaban J connectivity index is -0.000000522. The lowest BCUT2D eigenvalue weighted by atomic mass is 9.82. The molecule has 91 heavy (non-hydrogen) atoms. The maximum Gasteiger partial charge on any atom is 0.451 e. The molecule has 4 aliphatic heterocycles. The Bertz CT molecular complexity index is 2720. The predicted octanol–water partition coefficient (Wildman–Crippen LogP) is -13.0. The first-order valence-corrected chi connectivity index (χ1v) is 32.5. The largest absolute Gasteiger partial charge is 0.451 e. The van der Waals surface area contributed by atoms with Gasteiger partial charge in [0.1, 0.15) is 5.84 Å². The van der Waals surface area contributed by atoms with Crippen molar-refractivity contribution in [1.82, 2.24) is 31.4 Å². The molecule has 4 aliphatic rings. The number of carbonyl (C=O) groups excluding carboxylic acids is 9. The summed E-state index contributed by atoms with van der Waals surface area (Å²) in [5, 5.41) is 84.2. The highest BCUT2D eigenvalue weighted by Crippen LogP contribution is 2.27. The van der Waals surface area contributed by atoms with Crippen molar-refractivity contribution < 1.29 is 117 Å². The zero-order chi connectivity index (χ0) is 71.5. The highest BCUT2D eigenvalue weighted by atomic mass is 32.2. The smallest absolute Gasteiger partial charge is 0.427 e. The van der Waals surface area contributed by atoms with Crippen LogP contribution in [0.1, 0.15) is 57.8 Å². The van der Waals surface area contributed by atoms with Gasteiger partial charge >= 0.3 is 79.5 Å². The fourth-order valence-electron chi connectivity index (χ4n) is 8.72. The van der Waals surface area contributed by atoms with Crippen LogP contribution in [0.3, 0.4) is 0 Å². The minimum absolute atomic E-state index is 0.00753. The lowest BCUT2D eigenvalue weighted by molar-refractivity contribution is -0.193. The standard InChI is InChI=1S/C10H24BN5O4S.C9H22BN5O4S.C8H20BN5O4S.C8H19BN4O5S.4CO2/c12-9-7-16(6-8(9)2-1-4-11(17)18)21(19,20)15-5-3-10(13)14;11-8-6-15(20(18,19)14-4-9(12)13)5-7(8)2-1-3-10(16)17;10-7-5-14(19(17,18)13-8(11)12)4-6(7)2-1-3-9(15)16;10-7-5-13(19(17,18)12-8(11)14)4-6(7)2-1-3-9(15)16;4*2-1-3/h8-9,15,17-18H,1-7,12H2,(H3,13,14);7-8,14,16-17H,1-6,11H2,(H3,12,13);6-7,15-16H,1-5,10H2,(H4,11,12,13);6-7,15-16H,1-5,10H2,(H3,11,12,14);;;;/t8-,9-;7-,8-;2*6-,7-;;;;/m0000..../s1. The fourth-order valence-corrected chi connectivity index (χ4v) is 13.6. The maximum absolute atomic E-state index is 12.1. The van der Waals surface area contributed by atoms with Crippen LogP contribution in [0.25, 0.3) is 0 Å². The second kappa shape index (κ2) is 49.0. The van der Waals surface area contributed by atoms with E-state index in [0.717, 1.165) is 8.61 Å². The van der Waals surface area contributed by atoms with E-state index in [1.54, 1.807) is 4.72 Å². The molecule has 8 atom stereocenters. The summed E-state index contributed by atoms with van der Waals surface area (Å²) in [5.41, 5.74) is 48.8. The van der Waals surface area contributed by atoms with Crippen molar-refractivity contribution in [1.29, 1.82) is 10.8 Å². The van der Waals surface area contributed by atoms with E-state index in [-0.39, 0.29) is 175 Å². The molecule has 0 aromatic carbocycles. The predicted molar refractivity (Wildman–Crippen MR) is 318 cm³/mol. The van der Waals surface area contributed by atoms with Crippen LogP contribution in [0, 0.1) is 34.5 Å². The van der Waals surface area contributed by atoms with Crippen molar-refractivity contribution in [2.75, 3.05) is 65.4 Å². The summed E-state index contributed by atoms with van der Waals surface area (Å²) in [5.74, 6) is -0.969. The first kappa shape index (κ1) is 91.8. The lowest BCUT2D eigenvalue weighted by Crippen LogP contribution is -2.45. The van der Waals surface area contributed by atoms with E-state index in [4.69, 9.17) is 141 Å². The van der Waals surface area contributed by atoms with Crippen molar-refractivity contribution in [3.8, 4) is 0 Å². The Morgan fingerprint density at radius 2 is 0.714 bits per heavy atom. The summed E-state index contributed by atoms with van der Waals surface area (Å²) in [7, 11) is -20.5. The minimum Gasteiger partial charge on any atom is -0.427 e. The van der Waals surface area contributed by atoms with Crippen molar-refractivity contribution in [3.05, 3.63) is 0 Å². The van der Waals surface area contributed by atoms with Crippen LogP contribution in [-0.4, -0.2) is 257 Å². The van der Waals surface area contributed by atoms with Crippen LogP contribution in [0.2, 0.25) is 25.3 Å². The van der Waals surface area contributed by atoms with Gasteiger partial charge in [-0.3, -0.25) is 10.8 Å². The second-order valence-corrected chi connectivity index (χ2v) is 26.7. The van der Waals surface area contributed by atoms with Crippen LogP contribution >= 0.6 is 0 Å². The van der Waals surface area contributed by atoms with Gasteiger partial charge in [-0.05, 0) is 74.6 Å². The SMILES string of the molecule is N=C(N)CCNS(=O)(=O)N1C[C@H](CCCB(O)O)[C@@H](N)C1.N=C(N)CNS(=O)(=O)N1C[C@H](CCCB(O)O)[C@@H](N)C1.NC(=O)NS(=O)(=O)N1C[C@H](CCCB(O)O)[C@@H](N)C1.NC(N)=NS(=O)(=O)N1C[C@H](CCCB(O)O)[C@@H](N)C1.O=C=O.O=C=O.O=C=O.O=C=O. The number of amidine groups is 2. The topological polar surface area (TPSA) is 795 Å². The Hall–Kier alpha value is -5.66. The summed E-state index contributed by atoms with van der Waals surface area (Å²) < 4.78 is 109. The molecule has 0 spiro atoms. The van der Waals surface area contributed by atoms with Crippen LogP contribution in [0.4, 0.5) is 4.79 Å². The number of carbonyl (C=O) groups is 1. The zero-order valence-electron chi connectivity index (χ0n) is 49.3. The number of guanidine groups is 1. The molecule has 52 heteroatoms. The molecule has 0 bridgehead atoms. The van der Waals surface area contributed by atoms with E-state index in [1.807, 2.05) is 0 Å². The number of primary amides is 1. The first-order chi connectivity index (χ1) is 42.0. The zero-order valence-corrected chi connectivity index (χ0v) is 52.5. The fraction of sp³-hybridized carbons (Fsp3) is 0.795. The molecule has 0 unspecified atom stereocenters. The number of urea groups is 1. The molecule has 0 aliphatic carbocycles. The van der Waals surface area contributed by atoms with Gasteiger partial charge in [0, 0.05) is 89.5 Å². The van der Waals surface area contributed by atoms with Crippen molar-refractivity contribution in [2.45, 2.75) is 107 Å². The van der Waals surface area contributed by atoms with Crippen molar-refractivity contribution in [3.63, 3.8) is 0 Å². The van der Waals surface area contributed by atoms with E-state index in [0.29, 0.717) is 57.9 Å². The molecule has 0 saturated carbocycles. The molecule has 31 N–H and O–H groups in total. The molecule has 0 aromatic heterocycles. The number of nitrogens with zero attached hydrogens (tertiary/aromatic N) is 5. The maximum atomic E-state index is 12.1. The van der Waals surface area contributed by atoms with Gasteiger partial charge in [0.25, 0.3) is 20.4 Å². The number of hydrogen-bond donors (Lipinski definition) is 22. The van der Waals surface area contributed by atoms with Crippen LogP contribution in [0.5, 0.6) is 0 Å². The van der Waals surface area contributed by atoms with E-state index in [9.17, 15) is 38.5 Å². The summed E-state index contributed by atoms with van der Waals surface area (Å²) in [6.45, 7) is 1.60. The molecule has 2 amide bonds. The molecule has 0 aromatic rings. The van der Waals surface area contributed by atoms with Gasteiger partial charge in [-0.2, -0.15) is 94.0 Å². The van der Waals surface area contributed by atoms with Crippen molar-refractivity contribution >= 4 is 118 Å². The number of amides is 2. The van der Waals surface area contributed by atoms with E-state index in [1.165, 1.54) is 8.61 Å².